The second-order valence-corrected chi connectivity index (χ2v) is 5.88. The number of pyridine rings is 1. The third-order valence-electron chi connectivity index (χ3n) is 4.19. The SMILES string of the molecule is CCCNC(=O)C1CCC(C(=O)NCc2ccccn2)CC1. The zero-order chi connectivity index (χ0) is 15.8. The summed E-state index contributed by atoms with van der Waals surface area (Å²) in [6.07, 6.45) is 5.86. The quantitative estimate of drug-likeness (QED) is 0.844. The summed E-state index contributed by atoms with van der Waals surface area (Å²) in [6.45, 7) is 3.25. The van der Waals surface area contributed by atoms with Crippen LogP contribution in [0.1, 0.15) is 44.7 Å². The maximum Gasteiger partial charge on any atom is 0.223 e. The van der Waals surface area contributed by atoms with Crippen LogP contribution in [-0.4, -0.2) is 23.3 Å². The minimum absolute atomic E-state index is 0.0268. The molecule has 0 saturated heterocycles. The Bertz CT molecular complexity index is 482. The number of carbonyl (C=O) groups excluding carboxylic acids is 2. The van der Waals surface area contributed by atoms with Crippen LogP contribution < -0.4 is 10.6 Å². The van der Waals surface area contributed by atoms with E-state index in [1.54, 1.807) is 6.20 Å². The van der Waals surface area contributed by atoms with Gasteiger partial charge in [-0.05, 0) is 44.2 Å². The van der Waals surface area contributed by atoms with Crippen molar-refractivity contribution < 1.29 is 9.59 Å². The lowest BCUT2D eigenvalue weighted by Gasteiger charge is -2.27. The van der Waals surface area contributed by atoms with E-state index in [9.17, 15) is 9.59 Å². The lowest BCUT2D eigenvalue weighted by atomic mass is 9.81. The van der Waals surface area contributed by atoms with Gasteiger partial charge in [0, 0.05) is 24.6 Å². The molecule has 22 heavy (non-hydrogen) atoms. The van der Waals surface area contributed by atoms with Crippen LogP contribution in [0.4, 0.5) is 0 Å². The average Bonchev–Trinajstić information content (AvgIpc) is 2.58. The normalized spacial score (nSPS) is 21.1. The van der Waals surface area contributed by atoms with Crippen LogP contribution in [0.5, 0.6) is 0 Å². The predicted octanol–water partition coefficient (Wildman–Crippen LogP) is 2.03. The largest absolute Gasteiger partial charge is 0.356 e. The van der Waals surface area contributed by atoms with Crippen LogP contribution in [0.15, 0.2) is 24.4 Å². The van der Waals surface area contributed by atoms with Crippen molar-refractivity contribution >= 4 is 11.8 Å². The lowest BCUT2D eigenvalue weighted by Crippen LogP contribution is -2.37. The van der Waals surface area contributed by atoms with Gasteiger partial charge >= 0.3 is 0 Å². The predicted molar refractivity (Wildman–Crippen MR) is 84.8 cm³/mol. The number of hydrogen-bond acceptors (Lipinski definition) is 3. The number of nitrogens with zero attached hydrogens (tertiary/aromatic N) is 1. The van der Waals surface area contributed by atoms with Gasteiger partial charge < -0.3 is 10.6 Å². The van der Waals surface area contributed by atoms with Gasteiger partial charge in [-0.25, -0.2) is 0 Å². The molecule has 0 unspecified atom stereocenters. The summed E-state index contributed by atoms with van der Waals surface area (Å²) in [7, 11) is 0. The fourth-order valence-corrected chi connectivity index (χ4v) is 2.84. The smallest absolute Gasteiger partial charge is 0.223 e. The Morgan fingerprint density at radius 3 is 2.27 bits per heavy atom. The molecule has 0 spiro atoms. The molecule has 2 rings (SSSR count). The van der Waals surface area contributed by atoms with E-state index >= 15 is 0 Å². The summed E-state index contributed by atoms with van der Waals surface area (Å²) >= 11 is 0. The molecule has 1 heterocycles. The van der Waals surface area contributed by atoms with Gasteiger partial charge in [0.2, 0.25) is 11.8 Å². The molecule has 5 nitrogen and oxygen atoms in total. The second-order valence-electron chi connectivity index (χ2n) is 5.88. The third kappa shape index (κ3) is 4.83. The minimum atomic E-state index is 0.0268. The molecule has 0 radical (unpaired) electrons. The first kappa shape index (κ1) is 16.5. The molecule has 0 aromatic carbocycles. The van der Waals surface area contributed by atoms with Crippen LogP contribution in [0.2, 0.25) is 0 Å². The zero-order valence-corrected chi connectivity index (χ0v) is 13.2. The van der Waals surface area contributed by atoms with Gasteiger partial charge in [0.1, 0.15) is 0 Å². The molecule has 5 heteroatoms. The van der Waals surface area contributed by atoms with Crippen molar-refractivity contribution in [2.75, 3.05) is 6.54 Å². The summed E-state index contributed by atoms with van der Waals surface area (Å²) < 4.78 is 0. The second kappa shape index (κ2) is 8.51. The Morgan fingerprint density at radius 1 is 1.09 bits per heavy atom. The van der Waals surface area contributed by atoms with Gasteiger partial charge in [0.25, 0.3) is 0 Å². The Kier molecular flexibility index (Phi) is 6.37. The van der Waals surface area contributed by atoms with Gasteiger partial charge in [-0.2, -0.15) is 0 Å². The van der Waals surface area contributed by atoms with Crippen molar-refractivity contribution in [2.24, 2.45) is 11.8 Å². The van der Waals surface area contributed by atoms with E-state index < -0.39 is 0 Å². The molecule has 2 N–H and O–H groups in total. The third-order valence-corrected chi connectivity index (χ3v) is 4.19. The average molecular weight is 303 g/mol. The molecule has 1 aliphatic carbocycles. The number of nitrogens with one attached hydrogen (secondary N) is 2. The molecule has 120 valence electrons. The van der Waals surface area contributed by atoms with Crippen LogP contribution in [0.25, 0.3) is 0 Å². The Hall–Kier alpha value is -1.91. The Morgan fingerprint density at radius 2 is 1.73 bits per heavy atom. The zero-order valence-electron chi connectivity index (χ0n) is 13.2. The van der Waals surface area contributed by atoms with Gasteiger partial charge in [-0.1, -0.05) is 13.0 Å². The lowest BCUT2D eigenvalue weighted by molar-refractivity contribution is -0.130. The van der Waals surface area contributed by atoms with Crippen LogP contribution in [0.3, 0.4) is 0 Å². The molecule has 2 amide bonds. The molecular weight excluding hydrogens is 278 g/mol. The molecule has 1 aliphatic rings. The molecule has 0 bridgehead atoms. The first-order chi connectivity index (χ1) is 10.7. The summed E-state index contributed by atoms with van der Waals surface area (Å²) in [5.41, 5.74) is 0.864. The van der Waals surface area contributed by atoms with E-state index in [4.69, 9.17) is 0 Å². The highest BCUT2D eigenvalue weighted by molar-refractivity contribution is 5.81. The van der Waals surface area contributed by atoms with E-state index in [0.717, 1.165) is 44.3 Å². The monoisotopic (exact) mass is 303 g/mol. The maximum absolute atomic E-state index is 12.2. The van der Waals surface area contributed by atoms with Crippen LogP contribution >= 0.6 is 0 Å². The molecule has 1 aromatic heterocycles. The fraction of sp³-hybridized carbons (Fsp3) is 0.588. The molecule has 1 fully saturated rings. The Balaban J connectivity index is 1.72. The van der Waals surface area contributed by atoms with E-state index in [0.29, 0.717) is 6.54 Å². The number of aromatic nitrogens is 1. The van der Waals surface area contributed by atoms with E-state index in [1.807, 2.05) is 25.1 Å². The molecular formula is C17H25N3O2. The Labute approximate surface area is 131 Å². The van der Waals surface area contributed by atoms with E-state index in [-0.39, 0.29) is 23.7 Å². The number of amides is 2. The van der Waals surface area contributed by atoms with Crippen LogP contribution in [-0.2, 0) is 16.1 Å². The van der Waals surface area contributed by atoms with Gasteiger partial charge in [-0.15, -0.1) is 0 Å². The topological polar surface area (TPSA) is 71.1 Å². The van der Waals surface area contributed by atoms with Gasteiger partial charge in [0.15, 0.2) is 0 Å². The first-order valence-corrected chi connectivity index (χ1v) is 8.16. The molecule has 1 aromatic rings. The van der Waals surface area contributed by atoms with Gasteiger partial charge in [-0.3, -0.25) is 14.6 Å². The maximum atomic E-state index is 12.2. The highest BCUT2D eigenvalue weighted by Crippen LogP contribution is 2.29. The molecule has 0 aliphatic heterocycles. The van der Waals surface area contributed by atoms with Crippen molar-refractivity contribution in [3.05, 3.63) is 30.1 Å². The highest BCUT2D eigenvalue weighted by Gasteiger charge is 2.29. The van der Waals surface area contributed by atoms with Crippen molar-refractivity contribution in [2.45, 2.75) is 45.6 Å². The molecule has 0 atom stereocenters. The highest BCUT2D eigenvalue weighted by atomic mass is 16.2. The summed E-state index contributed by atoms with van der Waals surface area (Å²) in [4.78, 5) is 28.3. The van der Waals surface area contributed by atoms with Crippen molar-refractivity contribution in [1.82, 2.24) is 15.6 Å². The van der Waals surface area contributed by atoms with E-state index in [2.05, 4.69) is 15.6 Å². The summed E-state index contributed by atoms with van der Waals surface area (Å²) in [5, 5.41) is 5.89. The summed E-state index contributed by atoms with van der Waals surface area (Å²) in [6, 6.07) is 5.67. The summed E-state index contributed by atoms with van der Waals surface area (Å²) in [5.74, 6) is 0.331. The number of hydrogen-bond donors (Lipinski definition) is 2. The first-order valence-electron chi connectivity index (χ1n) is 8.16. The van der Waals surface area contributed by atoms with Crippen LogP contribution in [0, 0.1) is 11.8 Å². The van der Waals surface area contributed by atoms with Crippen molar-refractivity contribution in [3.63, 3.8) is 0 Å². The van der Waals surface area contributed by atoms with Crippen molar-refractivity contribution in [1.29, 1.82) is 0 Å². The fourth-order valence-electron chi connectivity index (χ4n) is 2.84. The number of rotatable bonds is 6. The standard InChI is InChI=1S/C17H25N3O2/c1-2-10-19-16(21)13-6-8-14(9-7-13)17(22)20-12-15-5-3-4-11-18-15/h3-5,11,13-14H,2,6-10,12H2,1H3,(H,19,21)(H,20,22). The molecule has 1 saturated carbocycles. The van der Waals surface area contributed by atoms with E-state index in [1.165, 1.54) is 0 Å². The number of carbonyl (C=O) groups is 2. The minimum Gasteiger partial charge on any atom is -0.356 e. The van der Waals surface area contributed by atoms with Gasteiger partial charge in [0.05, 0.1) is 12.2 Å². The van der Waals surface area contributed by atoms with Crippen molar-refractivity contribution in [3.8, 4) is 0 Å².